The Labute approximate surface area is 205 Å². The second-order valence-electron chi connectivity index (χ2n) is 9.48. The third-order valence-corrected chi connectivity index (χ3v) is 6.98. The molecule has 0 spiro atoms. The van der Waals surface area contributed by atoms with Gasteiger partial charge < -0.3 is 25.2 Å². The predicted octanol–water partition coefficient (Wildman–Crippen LogP) is 3.55. The molecule has 1 unspecified atom stereocenters. The Balaban J connectivity index is 1.35. The lowest BCUT2D eigenvalue weighted by Gasteiger charge is -2.36. The second kappa shape index (κ2) is 10.9. The molecule has 1 aliphatic carbocycles. The van der Waals surface area contributed by atoms with Crippen LogP contribution in [0.3, 0.4) is 0 Å². The highest BCUT2D eigenvalue weighted by molar-refractivity contribution is 5.84. The summed E-state index contributed by atoms with van der Waals surface area (Å²) in [6, 6.07) is 16.3. The van der Waals surface area contributed by atoms with E-state index in [9.17, 15) is 14.4 Å². The van der Waals surface area contributed by atoms with Gasteiger partial charge in [-0.1, -0.05) is 55.5 Å². The lowest BCUT2D eigenvalue weighted by Crippen LogP contribution is -2.52. The number of ether oxygens (including phenoxy) is 2. The first-order valence-electron chi connectivity index (χ1n) is 12.1. The maximum Gasteiger partial charge on any atom is 0.407 e. The first-order chi connectivity index (χ1) is 16.9. The first kappa shape index (κ1) is 24.7. The lowest BCUT2D eigenvalue weighted by molar-refractivity contribution is -0.139. The third kappa shape index (κ3) is 5.65. The smallest absolute Gasteiger partial charge is 0.407 e. The number of fused-ring (bicyclic) bond motifs is 3. The standard InChI is InChI=1S/C27H32N2O6/c1-18(14-24(30)31)15-28-25(32)27(10-12-34-13-11-27)17-29-26(33)35-16-23-21-8-4-2-6-19(21)20-7-3-5-9-22(20)23/h2-9,18,23H,10-17H2,1H3,(H,28,32)(H,29,33)(H,30,31). The number of carbonyl (C=O) groups is 3. The Kier molecular flexibility index (Phi) is 7.70. The summed E-state index contributed by atoms with van der Waals surface area (Å²) in [4.78, 5) is 36.6. The number of hydrogen-bond donors (Lipinski definition) is 3. The minimum atomic E-state index is -0.899. The van der Waals surface area contributed by atoms with Crippen molar-refractivity contribution in [1.82, 2.24) is 10.6 Å². The molecular weight excluding hydrogens is 448 g/mol. The van der Waals surface area contributed by atoms with Gasteiger partial charge in [-0.15, -0.1) is 0 Å². The van der Waals surface area contributed by atoms with Gasteiger partial charge in [0.25, 0.3) is 0 Å². The molecule has 8 nitrogen and oxygen atoms in total. The molecule has 1 fully saturated rings. The molecule has 0 saturated carbocycles. The summed E-state index contributed by atoms with van der Waals surface area (Å²) >= 11 is 0. The molecule has 3 N–H and O–H groups in total. The number of carboxylic acid groups (broad SMARTS) is 1. The van der Waals surface area contributed by atoms with Gasteiger partial charge in [-0.3, -0.25) is 9.59 Å². The summed E-state index contributed by atoms with van der Waals surface area (Å²) < 4.78 is 11.1. The van der Waals surface area contributed by atoms with Crippen LogP contribution in [0.25, 0.3) is 11.1 Å². The number of carbonyl (C=O) groups excluding carboxylic acids is 2. The minimum absolute atomic E-state index is 0.0195. The zero-order valence-corrected chi connectivity index (χ0v) is 19.9. The predicted molar refractivity (Wildman–Crippen MR) is 130 cm³/mol. The summed E-state index contributed by atoms with van der Waals surface area (Å²) in [5, 5.41) is 14.6. The van der Waals surface area contributed by atoms with E-state index in [-0.39, 0.29) is 43.9 Å². The SMILES string of the molecule is CC(CNC(=O)C1(CNC(=O)OCC2c3ccccc3-c3ccccc32)CCOCC1)CC(=O)O. The molecule has 0 radical (unpaired) electrons. The van der Waals surface area contributed by atoms with E-state index in [0.29, 0.717) is 26.1 Å². The molecular formula is C27H32N2O6. The lowest BCUT2D eigenvalue weighted by atomic mass is 9.79. The van der Waals surface area contributed by atoms with Gasteiger partial charge in [-0.2, -0.15) is 0 Å². The fourth-order valence-electron chi connectivity index (χ4n) is 4.96. The molecule has 2 aromatic rings. The van der Waals surface area contributed by atoms with E-state index in [1.807, 2.05) is 24.3 Å². The Morgan fingerprint density at radius 2 is 1.63 bits per heavy atom. The maximum absolute atomic E-state index is 13.1. The van der Waals surface area contributed by atoms with Crippen molar-refractivity contribution in [1.29, 1.82) is 0 Å². The Bertz CT molecular complexity index is 1030. The highest BCUT2D eigenvalue weighted by Crippen LogP contribution is 2.44. The van der Waals surface area contributed by atoms with Crippen LogP contribution in [0.2, 0.25) is 0 Å². The fraction of sp³-hybridized carbons (Fsp3) is 0.444. The van der Waals surface area contributed by atoms with Gasteiger partial charge in [0.15, 0.2) is 0 Å². The largest absolute Gasteiger partial charge is 0.481 e. The molecule has 1 aliphatic heterocycles. The second-order valence-corrected chi connectivity index (χ2v) is 9.48. The van der Waals surface area contributed by atoms with Gasteiger partial charge in [-0.25, -0.2) is 4.79 Å². The van der Waals surface area contributed by atoms with E-state index in [1.165, 1.54) is 0 Å². The van der Waals surface area contributed by atoms with E-state index >= 15 is 0 Å². The summed E-state index contributed by atoms with van der Waals surface area (Å²) in [6.45, 7) is 3.22. The van der Waals surface area contributed by atoms with Crippen molar-refractivity contribution in [3.63, 3.8) is 0 Å². The van der Waals surface area contributed by atoms with Gasteiger partial charge >= 0.3 is 12.1 Å². The molecule has 2 aliphatic rings. The molecule has 1 heterocycles. The van der Waals surface area contributed by atoms with Crippen LogP contribution in [-0.4, -0.2) is 56.0 Å². The topological polar surface area (TPSA) is 114 Å². The fourth-order valence-corrected chi connectivity index (χ4v) is 4.96. The van der Waals surface area contributed by atoms with Crippen molar-refractivity contribution >= 4 is 18.0 Å². The van der Waals surface area contributed by atoms with Crippen LogP contribution in [0.5, 0.6) is 0 Å². The molecule has 8 heteroatoms. The number of benzene rings is 2. The van der Waals surface area contributed by atoms with Crippen LogP contribution in [0.4, 0.5) is 4.79 Å². The van der Waals surface area contributed by atoms with Crippen LogP contribution < -0.4 is 10.6 Å². The molecule has 186 valence electrons. The molecule has 35 heavy (non-hydrogen) atoms. The van der Waals surface area contributed by atoms with Gasteiger partial charge in [0, 0.05) is 38.6 Å². The number of carboxylic acids is 1. The van der Waals surface area contributed by atoms with Crippen LogP contribution in [0.15, 0.2) is 48.5 Å². The van der Waals surface area contributed by atoms with Gasteiger partial charge in [0.05, 0.1) is 5.41 Å². The summed E-state index contributed by atoms with van der Waals surface area (Å²) in [5.74, 6) is -1.32. The van der Waals surface area contributed by atoms with Crippen molar-refractivity contribution < 1.29 is 29.0 Å². The zero-order valence-electron chi connectivity index (χ0n) is 19.9. The van der Waals surface area contributed by atoms with E-state index in [0.717, 1.165) is 22.3 Å². The Morgan fingerprint density at radius 3 is 2.23 bits per heavy atom. The van der Waals surface area contributed by atoms with Crippen molar-refractivity contribution in [3.8, 4) is 11.1 Å². The monoisotopic (exact) mass is 480 g/mol. The van der Waals surface area contributed by atoms with Crippen molar-refractivity contribution in [2.45, 2.75) is 32.1 Å². The molecule has 0 bridgehead atoms. The van der Waals surface area contributed by atoms with E-state index in [2.05, 4.69) is 34.9 Å². The zero-order chi connectivity index (χ0) is 24.8. The maximum atomic E-state index is 13.1. The Morgan fingerprint density at radius 1 is 1.03 bits per heavy atom. The molecule has 2 aromatic carbocycles. The van der Waals surface area contributed by atoms with Crippen LogP contribution in [0.1, 0.15) is 43.2 Å². The van der Waals surface area contributed by atoms with E-state index < -0.39 is 17.5 Å². The normalized spacial score (nSPS) is 17.1. The average Bonchev–Trinajstić information content (AvgIpc) is 3.18. The number of aliphatic carboxylic acids is 1. The average molecular weight is 481 g/mol. The van der Waals surface area contributed by atoms with Gasteiger partial charge in [0.1, 0.15) is 6.61 Å². The number of amides is 2. The van der Waals surface area contributed by atoms with Crippen molar-refractivity contribution in [2.75, 3.05) is 32.9 Å². The van der Waals surface area contributed by atoms with E-state index in [1.54, 1.807) is 6.92 Å². The Hall–Kier alpha value is -3.39. The number of rotatable bonds is 9. The summed E-state index contributed by atoms with van der Waals surface area (Å²) in [5.41, 5.74) is 3.78. The number of nitrogens with one attached hydrogen (secondary N) is 2. The van der Waals surface area contributed by atoms with Crippen molar-refractivity contribution in [3.05, 3.63) is 59.7 Å². The van der Waals surface area contributed by atoms with Crippen LogP contribution >= 0.6 is 0 Å². The molecule has 2 amide bonds. The molecule has 1 saturated heterocycles. The third-order valence-electron chi connectivity index (χ3n) is 6.98. The van der Waals surface area contributed by atoms with E-state index in [4.69, 9.17) is 14.6 Å². The quantitative estimate of drug-likeness (QED) is 0.506. The van der Waals surface area contributed by atoms with Crippen LogP contribution in [-0.2, 0) is 19.1 Å². The molecule has 0 aromatic heterocycles. The number of hydrogen-bond acceptors (Lipinski definition) is 5. The highest BCUT2D eigenvalue weighted by atomic mass is 16.5. The number of alkyl carbamates (subject to hydrolysis) is 1. The molecule has 1 atom stereocenters. The highest BCUT2D eigenvalue weighted by Gasteiger charge is 2.40. The summed E-state index contributed by atoms with van der Waals surface area (Å²) in [7, 11) is 0. The summed E-state index contributed by atoms with van der Waals surface area (Å²) in [6.07, 6.45) is 0.352. The van der Waals surface area contributed by atoms with Crippen LogP contribution in [0, 0.1) is 11.3 Å². The van der Waals surface area contributed by atoms with Gasteiger partial charge in [-0.05, 0) is 41.0 Å². The first-order valence-corrected chi connectivity index (χ1v) is 12.1. The minimum Gasteiger partial charge on any atom is -0.481 e. The van der Waals surface area contributed by atoms with Crippen molar-refractivity contribution in [2.24, 2.45) is 11.3 Å². The molecule has 4 rings (SSSR count). The van der Waals surface area contributed by atoms with Gasteiger partial charge in [0.2, 0.25) is 5.91 Å².